The van der Waals surface area contributed by atoms with Crippen LogP contribution in [0.2, 0.25) is 0 Å². The van der Waals surface area contributed by atoms with Crippen molar-refractivity contribution in [3.63, 3.8) is 0 Å². The Hall–Kier alpha value is -2.15. The number of fused-ring (bicyclic) bond motifs is 3. The highest BCUT2D eigenvalue weighted by molar-refractivity contribution is 7.99. The number of carbonyl (C=O) groups is 1. The van der Waals surface area contributed by atoms with Crippen LogP contribution in [0.15, 0.2) is 29.4 Å². The first-order chi connectivity index (χ1) is 12.3. The van der Waals surface area contributed by atoms with Gasteiger partial charge in [0.25, 0.3) is 0 Å². The van der Waals surface area contributed by atoms with Crippen molar-refractivity contribution in [2.75, 3.05) is 5.75 Å². The van der Waals surface area contributed by atoms with E-state index in [0.29, 0.717) is 17.0 Å². The maximum atomic E-state index is 12.1. The monoisotopic (exact) mass is 355 g/mol. The van der Waals surface area contributed by atoms with E-state index in [1.165, 1.54) is 24.6 Å². The zero-order chi connectivity index (χ0) is 17.2. The van der Waals surface area contributed by atoms with E-state index in [-0.39, 0.29) is 5.91 Å². The van der Waals surface area contributed by atoms with Crippen molar-refractivity contribution in [1.29, 1.82) is 0 Å². The average Bonchev–Trinajstić information content (AvgIpc) is 3.25. The topological polar surface area (TPSA) is 72.7 Å². The highest BCUT2D eigenvalue weighted by Crippen LogP contribution is 2.27. The van der Waals surface area contributed by atoms with Gasteiger partial charge in [0.15, 0.2) is 5.65 Å². The Morgan fingerprint density at radius 1 is 1.28 bits per heavy atom. The Bertz CT molecular complexity index is 916. The van der Waals surface area contributed by atoms with E-state index in [4.69, 9.17) is 0 Å². The molecule has 4 rings (SSSR count). The minimum absolute atomic E-state index is 0.0524. The summed E-state index contributed by atoms with van der Waals surface area (Å²) in [6, 6.07) is 8.48. The van der Waals surface area contributed by atoms with E-state index in [2.05, 4.69) is 38.1 Å². The number of aromatic nitrogens is 4. The number of para-hydroxylation sites is 1. The van der Waals surface area contributed by atoms with Crippen LogP contribution in [-0.4, -0.2) is 37.5 Å². The molecular formula is C18H21N5OS. The first kappa shape index (κ1) is 16.3. The van der Waals surface area contributed by atoms with Crippen LogP contribution in [0.25, 0.3) is 22.1 Å². The Labute approximate surface area is 150 Å². The van der Waals surface area contributed by atoms with Gasteiger partial charge < -0.3 is 9.88 Å². The first-order valence-electron chi connectivity index (χ1n) is 8.80. The number of aryl methyl sites for hydroxylation is 1. The van der Waals surface area contributed by atoms with E-state index >= 15 is 0 Å². The van der Waals surface area contributed by atoms with Crippen LogP contribution in [-0.2, 0) is 11.3 Å². The molecule has 0 spiro atoms. The largest absolute Gasteiger partial charge is 0.353 e. The third kappa shape index (κ3) is 3.20. The number of nitrogens with one attached hydrogen (secondary N) is 1. The summed E-state index contributed by atoms with van der Waals surface area (Å²) >= 11 is 1.35. The van der Waals surface area contributed by atoms with Crippen LogP contribution in [0, 0.1) is 0 Å². The summed E-state index contributed by atoms with van der Waals surface area (Å²) in [5.41, 5.74) is 2.76. The van der Waals surface area contributed by atoms with Crippen LogP contribution >= 0.6 is 11.8 Å². The molecule has 1 aromatic carbocycles. The van der Waals surface area contributed by atoms with Crippen LogP contribution in [0.5, 0.6) is 0 Å². The number of carbonyl (C=O) groups excluding carboxylic acids is 1. The molecule has 0 radical (unpaired) electrons. The second-order valence-electron chi connectivity index (χ2n) is 6.37. The fraction of sp³-hybridized carbons (Fsp3) is 0.444. The Kier molecular flexibility index (Phi) is 4.57. The number of hydrogen-bond acceptors (Lipinski definition) is 5. The second-order valence-corrected chi connectivity index (χ2v) is 7.31. The van der Waals surface area contributed by atoms with Crippen molar-refractivity contribution in [3.05, 3.63) is 24.3 Å². The Balaban J connectivity index is 1.54. The smallest absolute Gasteiger partial charge is 0.230 e. The standard InChI is InChI=1S/C18H21N5OS/c1-2-23-14-10-6-5-9-13(14)16-17(23)20-18(22-21-16)25-11-15(24)19-12-7-3-4-8-12/h5-6,9-10,12H,2-4,7-8,11H2,1H3,(H,19,24). The lowest BCUT2D eigenvalue weighted by Crippen LogP contribution is -2.33. The van der Waals surface area contributed by atoms with Crippen LogP contribution in [0.1, 0.15) is 32.6 Å². The summed E-state index contributed by atoms with van der Waals surface area (Å²) < 4.78 is 2.14. The molecule has 0 unspecified atom stereocenters. The summed E-state index contributed by atoms with van der Waals surface area (Å²) in [7, 11) is 0. The normalized spacial score (nSPS) is 15.2. The van der Waals surface area contributed by atoms with Crippen LogP contribution in [0.4, 0.5) is 0 Å². The molecule has 7 heteroatoms. The van der Waals surface area contributed by atoms with Gasteiger partial charge in [-0.25, -0.2) is 4.98 Å². The van der Waals surface area contributed by atoms with Crippen LogP contribution in [0.3, 0.4) is 0 Å². The molecule has 1 aliphatic carbocycles. The molecule has 6 nitrogen and oxygen atoms in total. The Morgan fingerprint density at radius 3 is 2.88 bits per heavy atom. The minimum Gasteiger partial charge on any atom is -0.353 e. The fourth-order valence-electron chi connectivity index (χ4n) is 3.54. The molecule has 1 amide bonds. The van der Waals surface area contributed by atoms with Gasteiger partial charge in [-0.05, 0) is 25.8 Å². The molecule has 1 aliphatic rings. The van der Waals surface area contributed by atoms with E-state index in [9.17, 15) is 4.79 Å². The van der Waals surface area contributed by atoms with E-state index in [1.54, 1.807) is 0 Å². The third-order valence-electron chi connectivity index (χ3n) is 4.72. The Morgan fingerprint density at radius 2 is 2.08 bits per heavy atom. The van der Waals surface area contributed by atoms with Crippen molar-refractivity contribution < 1.29 is 4.79 Å². The molecule has 3 aromatic rings. The van der Waals surface area contributed by atoms with Crippen LogP contribution < -0.4 is 5.32 Å². The lowest BCUT2D eigenvalue weighted by Gasteiger charge is -2.11. The zero-order valence-corrected chi connectivity index (χ0v) is 15.1. The fourth-order valence-corrected chi connectivity index (χ4v) is 4.13. The van der Waals surface area contributed by atoms with Gasteiger partial charge in [0, 0.05) is 18.0 Å². The zero-order valence-electron chi connectivity index (χ0n) is 14.2. The molecule has 0 saturated heterocycles. The summed E-state index contributed by atoms with van der Waals surface area (Å²) in [6.07, 6.45) is 4.61. The number of benzene rings is 1. The van der Waals surface area contributed by atoms with Gasteiger partial charge in [0.1, 0.15) is 5.52 Å². The number of amides is 1. The number of rotatable bonds is 5. The van der Waals surface area contributed by atoms with Gasteiger partial charge in [-0.3, -0.25) is 4.79 Å². The van der Waals surface area contributed by atoms with Crippen molar-refractivity contribution in [1.82, 2.24) is 25.1 Å². The molecule has 2 aromatic heterocycles. The van der Waals surface area contributed by atoms with E-state index < -0.39 is 0 Å². The summed E-state index contributed by atoms with van der Waals surface area (Å²) in [6.45, 7) is 2.91. The predicted molar refractivity (Wildman–Crippen MR) is 99.6 cm³/mol. The highest BCUT2D eigenvalue weighted by atomic mass is 32.2. The van der Waals surface area contributed by atoms with E-state index in [0.717, 1.165) is 41.5 Å². The lowest BCUT2D eigenvalue weighted by atomic mass is 10.2. The number of hydrogen-bond donors (Lipinski definition) is 1. The van der Waals surface area contributed by atoms with E-state index in [1.807, 2.05) is 18.2 Å². The molecule has 0 bridgehead atoms. The molecule has 0 atom stereocenters. The molecule has 2 heterocycles. The molecule has 0 aliphatic heterocycles. The van der Waals surface area contributed by atoms with Crippen molar-refractivity contribution >= 4 is 39.7 Å². The molecule has 1 saturated carbocycles. The number of nitrogens with zero attached hydrogens (tertiary/aromatic N) is 4. The lowest BCUT2D eigenvalue weighted by molar-refractivity contribution is -0.119. The average molecular weight is 355 g/mol. The minimum atomic E-state index is 0.0524. The summed E-state index contributed by atoms with van der Waals surface area (Å²) in [5, 5.41) is 13.3. The highest BCUT2D eigenvalue weighted by Gasteiger charge is 2.18. The van der Waals surface area contributed by atoms with Crippen molar-refractivity contribution in [2.24, 2.45) is 0 Å². The molecule has 25 heavy (non-hydrogen) atoms. The molecule has 1 N–H and O–H groups in total. The van der Waals surface area contributed by atoms with Gasteiger partial charge in [-0.1, -0.05) is 42.8 Å². The van der Waals surface area contributed by atoms with Gasteiger partial charge in [0.05, 0.1) is 11.3 Å². The van der Waals surface area contributed by atoms with Gasteiger partial charge in [-0.2, -0.15) is 0 Å². The maximum absolute atomic E-state index is 12.1. The number of thioether (sulfide) groups is 1. The first-order valence-corrected chi connectivity index (χ1v) is 9.78. The summed E-state index contributed by atoms with van der Waals surface area (Å²) in [4.78, 5) is 16.7. The van der Waals surface area contributed by atoms with Gasteiger partial charge in [-0.15, -0.1) is 10.2 Å². The quantitative estimate of drug-likeness (QED) is 0.712. The van der Waals surface area contributed by atoms with Gasteiger partial charge >= 0.3 is 0 Å². The van der Waals surface area contributed by atoms with Gasteiger partial charge in [0.2, 0.25) is 11.1 Å². The summed E-state index contributed by atoms with van der Waals surface area (Å²) in [5.74, 6) is 0.382. The third-order valence-corrected chi connectivity index (χ3v) is 5.56. The second kappa shape index (κ2) is 7.00. The molecular weight excluding hydrogens is 334 g/mol. The molecule has 130 valence electrons. The maximum Gasteiger partial charge on any atom is 0.230 e. The predicted octanol–water partition coefficient (Wildman–Crippen LogP) is 3.15. The van der Waals surface area contributed by atoms with Crippen molar-refractivity contribution in [2.45, 2.75) is 50.4 Å². The van der Waals surface area contributed by atoms with Crippen molar-refractivity contribution in [3.8, 4) is 0 Å². The SMILES string of the molecule is CCn1c2ccccc2c2nnc(SCC(=O)NC3CCCC3)nc21. The molecule has 1 fully saturated rings.